The maximum atomic E-state index is 11.9. The summed E-state index contributed by atoms with van der Waals surface area (Å²) in [4.78, 5) is 11.9. The molecule has 0 radical (unpaired) electrons. The summed E-state index contributed by atoms with van der Waals surface area (Å²) in [5, 5.41) is 0.709. The second-order valence-electron chi connectivity index (χ2n) is 3.83. The van der Waals surface area contributed by atoms with Crippen molar-refractivity contribution in [1.82, 2.24) is 0 Å². The van der Waals surface area contributed by atoms with Crippen LogP contribution in [0, 0.1) is 5.92 Å². The van der Waals surface area contributed by atoms with Crippen molar-refractivity contribution < 1.29 is 4.79 Å². The highest BCUT2D eigenvalue weighted by atomic mass is 35.5. The second-order valence-corrected chi connectivity index (χ2v) is 5.42. The number of benzene rings is 1. The summed E-state index contributed by atoms with van der Waals surface area (Å²) < 4.78 is 0. The summed E-state index contributed by atoms with van der Waals surface area (Å²) in [6, 6.07) is 7.57. The van der Waals surface area contributed by atoms with Gasteiger partial charge in [0.25, 0.3) is 0 Å². The normalized spacial score (nSPS) is 20.5. The third-order valence-corrected chi connectivity index (χ3v) is 4.05. The van der Waals surface area contributed by atoms with Gasteiger partial charge >= 0.3 is 0 Å². The molecule has 1 saturated heterocycles. The zero-order valence-electron chi connectivity index (χ0n) is 8.41. The molecule has 0 spiro atoms. The Morgan fingerprint density at radius 2 is 2.40 bits per heavy atom. The Balaban J connectivity index is 1.99. The Hall–Kier alpha value is -0.470. The molecule has 1 aromatic carbocycles. The monoisotopic (exact) mass is 240 g/mol. The van der Waals surface area contributed by atoms with Crippen LogP contribution in [0.2, 0.25) is 5.02 Å². The fourth-order valence-corrected chi connectivity index (χ4v) is 3.25. The molecule has 15 heavy (non-hydrogen) atoms. The van der Waals surface area contributed by atoms with Crippen molar-refractivity contribution >= 4 is 29.1 Å². The summed E-state index contributed by atoms with van der Waals surface area (Å²) in [6.07, 6.45) is 1.58. The first-order valence-corrected chi connectivity index (χ1v) is 6.64. The first-order chi connectivity index (χ1) is 7.25. The van der Waals surface area contributed by atoms with Gasteiger partial charge in [0.2, 0.25) is 0 Å². The third-order valence-electron chi connectivity index (χ3n) is 2.65. The van der Waals surface area contributed by atoms with Gasteiger partial charge in [0, 0.05) is 23.1 Å². The van der Waals surface area contributed by atoms with Crippen molar-refractivity contribution in [3.05, 3.63) is 34.9 Å². The molecule has 2 rings (SSSR count). The Bertz CT molecular complexity index is 358. The predicted octanol–water partition coefficient (Wildman–Crippen LogP) is 3.20. The average molecular weight is 241 g/mol. The Morgan fingerprint density at radius 3 is 3.07 bits per heavy atom. The van der Waals surface area contributed by atoms with Crippen molar-refractivity contribution in [3.8, 4) is 0 Å². The van der Waals surface area contributed by atoms with E-state index in [1.165, 1.54) is 0 Å². The van der Waals surface area contributed by atoms with Gasteiger partial charge in [0.1, 0.15) is 5.78 Å². The van der Waals surface area contributed by atoms with Crippen molar-refractivity contribution in [1.29, 1.82) is 0 Å². The molecule has 1 nitrogen and oxygen atoms in total. The topological polar surface area (TPSA) is 17.1 Å². The molecular weight excluding hydrogens is 228 g/mol. The number of hydrogen-bond acceptors (Lipinski definition) is 2. The fourth-order valence-electron chi connectivity index (χ4n) is 1.78. The highest BCUT2D eigenvalue weighted by Crippen LogP contribution is 2.25. The summed E-state index contributed by atoms with van der Waals surface area (Å²) in [5.41, 5.74) is 1.03. The molecule has 0 aromatic heterocycles. The molecule has 0 saturated carbocycles. The molecule has 1 aliphatic heterocycles. The fraction of sp³-hybridized carbons (Fsp3) is 0.417. The molecule has 1 fully saturated rings. The van der Waals surface area contributed by atoms with Crippen LogP contribution in [0.4, 0.5) is 0 Å². The largest absolute Gasteiger partial charge is 0.299 e. The highest BCUT2D eigenvalue weighted by molar-refractivity contribution is 7.99. The zero-order chi connectivity index (χ0) is 10.7. The molecule has 1 aliphatic rings. The highest BCUT2D eigenvalue weighted by Gasteiger charge is 2.22. The average Bonchev–Trinajstić information content (AvgIpc) is 2.70. The van der Waals surface area contributed by atoms with Crippen LogP contribution in [-0.4, -0.2) is 17.3 Å². The van der Waals surface area contributed by atoms with Crippen LogP contribution in [0.15, 0.2) is 24.3 Å². The Morgan fingerprint density at radius 1 is 1.53 bits per heavy atom. The molecule has 0 amide bonds. The smallest absolute Gasteiger partial charge is 0.141 e. The van der Waals surface area contributed by atoms with E-state index in [0.29, 0.717) is 17.2 Å². The Labute approximate surface area is 99.2 Å². The van der Waals surface area contributed by atoms with Gasteiger partial charge in [-0.1, -0.05) is 23.7 Å². The molecule has 3 heteroatoms. The minimum atomic E-state index is 0.272. The van der Waals surface area contributed by atoms with Crippen LogP contribution in [0.25, 0.3) is 0 Å². The molecule has 1 aromatic rings. The van der Waals surface area contributed by atoms with Gasteiger partial charge < -0.3 is 0 Å². The summed E-state index contributed by atoms with van der Waals surface area (Å²) in [7, 11) is 0. The van der Waals surface area contributed by atoms with Crippen LogP contribution in [-0.2, 0) is 11.2 Å². The molecule has 1 unspecified atom stereocenters. The van der Waals surface area contributed by atoms with E-state index >= 15 is 0 Å². The van der Waals surface area contributed by atoms with Crippen LogP contribution in [0.1, 0.15) is 12.0 Å². The number of hydrogen-bond donors (Lipinski definition) is 0. The molecule has 1 heterocycles. The van der Waals surface area contributed by atoms with Gasteiger partial charge in [0.15, 0.2) is 0 Å². The van der Waals surface area contributed by atoms with Gasteiger partial charge in [-0.25, -0.2) is 0 Å². The van der Waals surface area contributed by atoms with E-state index in [9.17, 15) is 4.79 Å². The molecule has 0 aliphatic carbocycles. The van der Waals surface area contributed by atoms with E-state index in [0.717, 1.165) is 23.5 Å². The lowest BCUT2D eigenvalue weighted by molar-refractivity contribution is -0.121. The van der Waals surface area contributed by atoms with Gasteiger partial charge in [-0.05, 0) is 29.9 Å². The van der Waals surface area contributed by atoms with Gasteiger partial charge in [0.05, 0.1) is 0 Å². The number of rotatable bonds is 3. The lowest BCUT2D eigenvalue weighted by Gasteiger charge is -2.07. The van der Waals surface area contributed by atoms with Crippen molar-refractivity contribution in [3.63, 3.8) is 0 Å². The number of Topliss-reactive ketones (excluding diaryl/α,β-unsaturated/α-hetero) is 1. The van der Waals surface area contributed by atoms with Crippen molar-refractivity contribution in [2.24, 2.45) is 5.92 Å². The number of ketones is 1. The minimum absolute atomic E-state index is 0.272. The van der Waals surface area contributed by atoms with E-state index in [2.05, 4.69) is 0 Å². The minimum Gasteiger partial charge on any atom is -0.299 e. The lowest BCUT2D eigenvalue weighted by atomic mass is 9.97. The standard InChI is InChI=1S/C12H13ClOS/c13-11-3-1-2-9(6-11)7-12(14)10-4-5-15-8-10/h1-3,6,10H,4-5,7-8H2. The van der Waals surface area contributed by atoms with E-state index in [1.807, 2.05) is 36.0 Å². The number of carbonyl (C=O) groups excluding carboxylic acids is 1. The zero-order valence-corrected chi connectivity index (χ0v) is 9.98. The summed E-state index contributed by atoms with van der Waals surface area (Å²) in [6.45, 7) is 0. The SMILES string of the molecule is O=C(Cc1cccc(Cl)c1)C1CCSC1. The van der Waals surface area contributed by atoms with Crippen molar-refractivity contribution in [2.75, 3.05) is 11.5 Å². The molecule has 0 N–H and O–H groups in total. The van der Waals surface area contributed by atoms with E-state index in [-0.39, 0.29) is 5.92 Å². The molecular formula is C12H13ClOS. The third kappa shape index (κ3) is 2.99. The summed E-state index contributed by atoms with van der Waals surface area (Å²) in [5.74, 6) is 2.77. The van der Waals surface area contributed by atoms with E-state index in [4.69, 9.17) is 11.6 Å². The van der Waals surface area contributed by atoms with E-state index in [1.54, 1.807) is 0 Å². The maximum absolute atomic E-state index is 11.9. The molecule has 80 valence electrons. The first-order valence-electron chi connectivity index (χ1n) is 5.10. The molecule has 0 bridgehead atoms. The van der Waals surface area contributed by atoms with Crippen LogP contribution in [0.5, 0.6) is 0 Å². The van der Waals surface area contributed by atoms with Gasteiger partial charge in [-0.2, -0.15) is 11.8 Å². The predicted molar refractivity (Wildman–Crippen MR) is 65.6 cm³/mol. The van der Waals surface area contributed by atoms with Crippen molar-refractivity contribution in [2.45, 2.75) is 12.8 Å². The first kappa shape index (κ1) is 11.0. The lowest BCUT2D eigenvalue weighted by Crippen LogP contribution is -2.15. The number of carbonyl (C=O) groups is 1. The van der Waals surface area contributed by atoms with Crippen LogP contribution >= 0.6 is 23.4 Å². The molecule has 1 atom stereocenters. The quantitative estimate of drug-likeness (QED) is 0.807. The second kappa shape index (κ2) is 5.04. The number of thioether (sulfide) groups is 1. The maximum Gasteiger partial charge on any atom is 0.141 e. The Kier molecular flexibility index (Phi) is 3.71. The van der Waals surface area contributed by atoms with Crippen LogP contribution in [0.3, 0.4) is 0 Å². The van der Waals surface area contributed by atoms with Gasteiger partial charge in [-0.3, -0.25) is 4.79 Å². The van der Waals surface area contributed by atoms with E-state index < -0.39 is 0 Å². The number of halogens is 1. The van der Waals surface area contributed by atoms with Gasteiger partial charge in [-0.15, -0.1) is 0 Å². The van der Waals surface area contributed by atoms with Crippen LogP contribution < -0.4 is 0 Å². The summed E-state index contributed by atoms with van der Waals surface area (Å²) >= 11 is 7.75.